The topological polar surface area (TPSA) is 58.3 Å². The Labute approximate surface area is 115 Å². The van der Waals surface area contributed by atoms with Gasteiger partial charge in [0, 0.05) is 38.1 Å². The zero-order valence-corrected chi connectivity index (χ0v) is 12.4. The molecule has 5 heteroatoms. The Balaban J connectivity index is 2.24. The highest BCUT2D eigenvalue weighted by atomic mass is 15.3. The maximum absolute atomic E-state index is 5.86. The second-order valence-electron chi connectivity index (χ2n) is 5.69. The maximum atomic E-state index is 5.86. The number of hydrogen-bond acceptors (Lipinski definition) is 5. The second kappa shape index (κ2) is 5.84. The van der Waals surface area contributed by atoms with E-state index in [1.54, 1.807) is 0 Å². The summed E-state index contributed by atoms with van der Waals surface area (Å²) in [6.07, 6.45) is 1.95. The molecule has 2 N–H and O–H groups in total. The van der Waals surface area contributed by atoms with E-state index in [1.807, 2.05) is 6.20 Å². The number of hydrogen-bond donors (Lipinski definition) is 1. The highest BCUT2D eigenvalue weighted by molar-refractivity contribution is 5.49. The van der Waals surface area contributed by atoms with Crippen molar-refractivity contribution in [3.05, 3.63) is 17.7 Å². The number of likely N-dealkylation sites (N-methyl/N-ethyl adjacent to an activating group) is 1. The molecular formula is C14H25N5. The Morgan fingerprint density at radius 2 is 2.16 bits per heavy atom. The van der Waals surface area contributed by atoms with Gasteiger partial charge in [-0.25, -0.2) is 9.97 Å². The Kier molecular flexibility index (Phi) is 4.37. The maximum Gasteiger partial charge on any atom is 0.131 e. The first kappa shape index (κ1) is 14.2. The molecule has 0 saturated carbocycles. The zero-order valence-electron chi connectivity index (χ0n) is 12.4. The molecule has 0 amide bonds. The first-order valence-corrected chi connectivity index (χ1v) is 7.04. The third-order valence-corrected chi connectivity index (χ3v) is 3.87. The van der Waals surface area contributed by atoms with Gasteiger partial charge in [0.25, 0.3) is 0 Å². The fourth-order valence-corrected chi connectivity index (χ4v) is 2.39. The molecule has 0 bridgehead atoms. The Morgan fingerprint density at radius 1 is 1.42 bits per heavy atom. The first-order valence-electron chi connectivity index (χ1n) is 7.04. The molecule has 2 rings (SSSR count). The molecule has 1 aromatic heterocycles. The van der Waals surface area contributed by atoms with Gasteiger partial charge >= 0.3 is 0 Å². The molecule has 106 valence electrons. The van der Waals surface area contributed by atoms with E-state index >= 15 is 0 Å². The fourth-order valence-electron chi connectivity index (χ4n) is 2.39. The van der Waals surface area contributed by atoms with Gasteiger partial charge in [0.2, 0.25) is 0 Å². The van der Waals surface area contributed by atoms with Gasteiger partial charge in [-0.2, -0.15) is 0 Å². The van der Waals surface area contributed by atoms with Crippen molar-refractivity contribution in [2.24, 2.45) is 5.73 Å². The molecule has 1 unspecified atom stereocenters. The molecule has 0 radical (unpaired) electrons. The summed E-state index contributed by atoms with van der Waals surface area (Å²) in [7, 11) is 2.17. The molecule has 19 heavy (non-hydrogen) atoms. The Morgan fingerprint density at radius 3 is 2.74 bits per heavy atom. The molecule has 1 atom stereocenters. The highest BCUT2D eigenvalue weighted by Gasteiger charge is 2.23. The normalized spacial score (nSPS) is 21.2. The lowest BCUT2D eigenvalue weighted by Crippen LogP contribution is -2.50. The van der Waals surface area contributed by atoms with Crippen molar-refractivity contribution in [1.29, 1.82) is 0 Å². The van der Waals surface area contributed by atoms with Crippen molar-refractivity contribution >= 4 is 5.69 Å². The molecule has 1 aliphatic rings. The standard InChI is InChI=1S/C14H25N5/c1-10(2)14-16-8-13(12(7-15)17-14)19-6-5-18(4)11(3)9-19/h8,10-11H,5-7,9,15H2,1-4H3. The van der Waals surface area contributed by atoms with Crippen LogP contribution in [0.3, 0.4) is 0 Å². The average molecular weight is 263 g/mol. The molecule has 0 aliphatic carbocycles. The van der Waals surface area contributed by atoms with E-state index in [-0.39, 0.29) is 0 Å². The number of nitrogens with zero attached hydrogens (tertiary/aromatic N) is 4. The molecule has 2 heterocycles. The van der Waals surface area contributed by atoms with E-state index in [0.717, 1.165) is 36.8 Å². The van der Waals surface area contributed by atoms with Crippen molar-refractivity contribution in [2.75, 3.05) is 31.6 Å². The molecule has 1 aromatic rings. The lowest BCUT2D eigenvalue weighted by Gasteiger charge is -2.39. The van der Waals surface area contributed by atoms with E-state index in [9.17, 15) is 0 Å². The third kappa shape index (κ3) is 3.04. The molecule has 1 fully saturated rings. The van der Waals surface area contributed by atoms with Gasteiger partial charge in [0.15, 0.2) is 0 Å². The Bertz CT molecular complexity index is 432. The minimum atomic E-state index is 0.339. The minimum Gasteiger partial charge on any atom is -0.366 e. The van der Waals surface area contributed by atoms with Crippen molar-refractivity contribution in [3.63, 3.8) is 0 Å². The van der Waals surface area contributed by atoms with Crippen molar-refractivity contribution in [3.8, 4) is 0 Å². The van der Waals surface area contributed by atoms with Crippen LogP contribution >= 0.6 is 0 Å². The van der Waals surface area contributed by atoms with Gasteiger partial charge in [0.1, 0.15) is 5.82 Å². The number of piperazine rings is 1. The summed E-state index contributed by atoms with van der Waals surface area (Å²) in [6, 6.07) is 0.546. The van der Waals surface area contributed by atoms with Gasteiger partial charge in [-0.1, -0.05) is 13.8 Å². The van der Waals surface area contributed by atoms with Crippen LogP contribution in [0, 0.1) is 0 Å². The van der Waals surface area contributed by atoms with Gasteiger partial charge < -0.3 is 15.5 Å². The number of nitrogens with two attached hydrogens (primary N) is 1. The molecular weight excluding hydrogens is 238 g/mol. The smallest absolute Gasteiger partial charge is 0.131 e. The second-order valence-corrected chi connectivity index (χ2v) is 5.69. The summed E-state index contributed by atoms with van der Waals surface area (Å²) < 4.78 is 0. The zero-order chi connectivity index (χ0) is 14.0. The summed E-state index contributed by atoms with van der Waals surface area (Å²) in [5, 5.41) is 0. The van der Waals surface area contributed by atoms with E-state index in [2.05, 4.69) is 47.6 Å². The average Bonchev–Trinajstić information content (AvgIpc) is 2.41. The quantitative estimate of drug-likeness (QED) is 0.888. The van der Waals surface area contributed by atoms with Crippen molar-refractivity contribution in [2.45, 2.75) is 39.3 Å². The van der Waals surface area contributed by atoms with Crippen LogP contribution in [0.4, 0.5) is 5.69 Å². The summed E-state index contributed by atoms with van der Waals surface area (Å²) >= 11 is 0. The third-order valence-electron chi connectivity index (χ3n) is 3.87. The fraction of sp³-hybridized carbons (Fsp3) is 0.714. The molecule has 0 aromatic carbocycles. The van der Waals surface area contributed by atoms with E-state index in [0.29, 0.717) is 18.5 Å². The van der Waals surface area contributed by atoms with Crippen molar-refractivity contribution in [1.82, 2.24) is 14.9 Å². The van der Waals surface area contributed by atoms with E-state index in [4.69, 9.17) is 5.73 Å². The van der Waals surface area contributed by atoms with E-state index in [1.165, 1.54) is 0 Å². The largest absolute Gasteiger partial charge is 0.366 e. The Hall–Kier alpha value is -1.20. The van der Waals surface area contributed by atoms with Gasteiger partial charge in [-0.15, -0.1) is 0 Å². The highest BCUT2D eigenvalue weighted by Crippen LogP contribution is 2.22. The van der Waals surface area contributed by atoms with Crippen LogP contribution in [0.15, 0.2) is 6.20 Å². The van der Waals surface area contributed by atoms with Crippen LogP contribution in [0.2, 0.25) is 0 Å². The summed E-state index contributed by atoms with van der Waals surface area (Å²) in [5.74, 6) is 1.22. The van der Waals surface area contributed by atoms with Crippen LogP contribution in [0.1, 0.15) is 38.2 Å². The molecule has 5 nitrogen and oxygen atoms in total. The predicted molar refractivity (Wildman–Crippen MR) is 78.3 cm³/mol. The molecule has 1 aliphatic heterocycles. The summed E-state index contributed by atoms with van der Waals surface area (Å²) in [5.41, 5.74) is 7.93. The SMILES string of the molecule is CC(C)c1ncc(N2CCN(C)C(C)C2)c(CN)n1. The van der Waals surface area contributed by atoms with Gasteiger partial charge in [-0.3, -0.25) is 0 Å². The first-order chi connectivity index (χ1) is 9.02. The van der Waals surface area contributed by atoms with Crippen LogP contribution in [0.25, 0.3) is 0 Å². The summed E-state index contributed by atoms with van der Waals surface area (Å²) in [6.45, 7) is 10.0. The molecule has 1 saturated heterocycles. The summed E-state index contributed by atoms with van der Waals surface area (Å²) in [4.78, 5) is 13.8. The molecule has 0 spiro atoms. The number of rotatable bonds is 3. The van der Waals surface area contributed by atoms with Crippen LogP contribution < -0.4 is 10.6 Å². The lowest BCUT2D eigenvalue weighted by atomic mass is 10.1. The lowest BCUT2D eigenvalue weighted by molar-refractivity contribution is 0.234. The van der Waals surface area contributed by atoms with Gasteiger partial charge in [0.05, 0.1) is 17.6 Å². The van der Waals surface area contributed by atoms with Gasteiger partial charge in [-0.05, 0) is 14.0 Å². The predicted octanol–water partition coefficient (Wildman–Crippen LogP) is 1.20. The van der Waals surface area contributed by atoms with E-state index < -0.39 is 0 Å². The van der Waals surface area contributed by atoms with Crippen LogP contribution in [-0.4, -0.2) is 47.6 Å². The number of anilines is 1. The monoisotopic (exact) mass is 263 g/mol. The minimum absolute atomic E-state index is 0.339. The van der Waals surface area contributed by atoms with Crippen LogP contribution in [0.5, 0.6) is 0 Å². The van der Waals surface area contributed by atoms with Crippen molar-refractivity contribution < 1.29 is 0 Å². The van der Waals surface area contributed by atoms with Crippen LogP contribution in [-0.2, 0) is 6.54 Å². The number of aromatic nitrogens is 2.